The van der Waals surface area contributed by atoms with Gasteiger partial charge in [0.05, 0.1) is 0 Å². The van der Waals surface area contributed by atoms with Crippen LogP contribution in [-0.4, -0.2) is 49.4 Å². The van der Waals surface area contributed by atoms with Crippen LogP contribution in [0, 0.1) is 12.8 Å². The molecule has 140 valence electrons. The highest BCUT2D eigenvalue weighted by Crippen LogP contribution is 2.24. The molecule has 0 aliphatic carbocycles. The van der Waals surface area contributed by atoms with Crippen LogP contribution in [0.15, 0.2) is 35.0 Å². The Bertz CT molecular complexity index is 983. The van der Waals surface area contributed by atoms with E-state index in [1.54, 1.807) is 35.0 Å². The van der Waals surface area contributed by atoms with Crippen LogP contribution in [0.1, 0.15) is 39.7 Å². The lowest BCUT2D eigenvalue weighted by molar-refractivity contribution is 0.0628. The molecule has 0 bridgehead atoms. The third-order valence-corrected chi connectivity index (χ3v) is 4.92. The van der Waals surface area contributed by atoms with E-state index in [-0.39, 0.29) is 17.6 Å². The van der Waals surface area contributed by atoms with E-state index < -0.39 is 0 Å². The van der Waals surface area contributed by atoms with Gasteiger partial charge in [-0.3, -0.25) is 14.7 Å². The summed E-state index contributed by atoms with van der Waals surface area (Å²) in [6, 6.07) is 5.38. The van der Waals surface area contributed by atoms with Crippen LogP contribution >= 0.6 is 0 Å². The molecule has 8 nitrogen and oxygen atoms in total. The molecule has 3 aromatic heterocycles. The van der Waals surface area contributed by atoms with E-state index in [2.05, 4.69) is 15.2 Å². The zero-order chi connectivity index (χ0) is 19.0. The van der Waals surface area contributed by atoms with Crippen LogP contribution in [0.4, 0.5) is 0 Å². The molecule has 4 rings (SSSR count). The number of nitrogens with zero attached hydrogens (tertiary/aromatic N) is 4. The summed E-state index contributed by atoms with van der Waals surface area (Å²) in [6.45, 7) is 2.86. The zero-order valence-corrected chi connectivity index (χ0v) is 15.3. The summed E-state index contributed by atoms with van der Waals surface area (Å²) < 4.78 is 7.28. The van der Waals surface area contributed by atoms with Gasteiger partial charge in [0.1, 0.15) is 11.5 Å². The Morgan fingerprint density at radius 3 is 2.89 bits per heavy atom. The van der Waals surface area contributed by atoms with Crippen molar-refractivity contribution >= 4 is 11.7 Å². The summed E-state index contributed by atoms with van der Waals surface area (Å²) in [6.07, 6.45) is 4.90. The number of rotatable bonds is 4. The van der Waals surface area contributed by atoms with Crippen LogP contribution in [0.25, 0.3) is 11.5 Å². The van der Waals surface area contributed by atoms with E-state index in [0.29, 0.717) is 36.1 Å². The molecule has 1 aliphatic heterocycles. The van der Waals surface area contributed by atoms with Gasteiger partial charge in [0.25, 0.3) is 5.91 Å². The van der Waals surface area contributed by atoms with Gasteiger partial charge >= 0.3 is 0 Å². The van der Waals surface area contributed by atoms with Gasteiger partial charge < -0.3 is 13.9 Å². The van der Waals surface area contributed by atoms with Crippen molar-refractivity contribution < 1.29 is 14.0 Å². The molecule has 1 amide bonds. The number of furan rings is 1. The average Bonchev–Trinajstić information content (AvgIpc) is 3.41. The predicted octanol–water partition coefficient (Wildman–Crippen LogP) is 2.45. The Balaban J connectivity index is 1.48. The topological polar surface area (TPSA) is 97.0 Å². The lowest BCUT2D eigenvalue weighted by Gasteiger charge is -2.31. The van der Waals surface area contributed by atoms with Crippen molar-refractivity contribution in [1.29, 1.82) is 0 Å². The first kappa shape index (κ1) is 17.3. The van der Waals surface area contributed by atoms with Gasteiger partial charge in [0.2, 0.25) is 5.78 Å². The second-order valence-corrected chi connectivity index (χ2v) is 6.89. The van der Waals surface area contributed by atoms with Gasteiger partial charge in [-0.1, -0.05) is 0 Å². The first-order chi connectivity index (χ1) is 13.0. The van der Waals surface area contributed by atoms with E-state index in [1.807, 2.05) is 19.1 Å². The summed E-state index contributed by atoms with van der Waals surface area (Å²) in [4.78, 5) is 31.4. The number of aromatic amines is 1. The molecule has 1 N–H and O–H groups in total. The summed E-state index contributed by atoms with van der Waals surface area (Å²) in [5.41, 5.74) is 0.980. The maximum absolute atomic E-state index is 12.9. The Labute approximate surface area is 156 Å². The quantitative estimate of drug-likeness (QED) is 0.715. The zero-order valence-electron chi connectivity index (χ0n) is 15.3. The number of nitrogens with one attached hydrogen (secondary N) is 1. The van der Waals surface area contributed by atoms with Gasteiger partial charge in [0, 0.05) is 44.5 Å². The number of hydrogen-bond acceptors (Lipinski definition) is 5. The molecular weight excluding hydrogens is 346 g/mol. The van der Waals surface area contributed by atoms with Crippen molar-refractivity contribution in [2.24, 2.45) is 13.0 Å². The molecule has 0 unspecified atom stereocenters. The van der Waals surface area contributed by atoms with E-state index in [4.69, 9.17) is 4.42 Å². The Morgan fingerprint density at radius 1 is 1.33 bits per heavy atom. The van der Waals surface area contributed by atoms with E-state index >= 15 is 0 Å². The van der Waals surface area contributed by atoms with Gasteiger partial charge in [-0.05, 0) is 31.9 Å². The van der Waals surface area contributed by atoms with E-state index in [9.17, 15) is 9.59 Å². The van der Waals surface area contributed by atoms with E-state index in [1.165, 1.54) is 0 Å². The predicted molar refractivity (Wildman–Crippen MR) is 97.2 cm³/mol. The van der Waals surface area contributed by atoms with Crippen molar-refractivity contribution in [3.8, 4) is 11.5 Å². The number of aromatic nitrogens is 4. The molecule has 8 heteroatoms. The fraction of sp³-hybridized carbons (Fsp3) is 0.368. The number of likely N-dealkylation sites (tertiary alicyclic amines) is 1. The Hall–Kier alpha value is -3.16. The highest BCUT2D eigenvalue weighted by Gasteiger charge is 2.32. The first-order valence-electron chi connectivity index (χ1n) is 8.96. The molecule has 1 saturated heterocycles. The number of imidazole rings is 1. The summed E-state index contributed by atoms with van der Waals surface area (Å²) in [7, 11) is 1.80. The van der Waals surface area contributed by atoms with Crippen molar-refractivity contribution in [3.63, 3.8) is 0 Å². The molecule has 27 heavy (non-hydrogen) atoms. The number of piperidine rings is 1. The van der Waals surface area contributed by atoms with Crippen molar-refractivity contribution in [2.75, 3.05) is 13.1 Å². The van der Waals surface area contributed by atoms with Crippen molar-refractivity contribution in [3.05, 3.63) is 47.9 Å². The fourth-order valence-electron chi connectivity index (χ4n) is 3.46. The number of H-pyrrole nitrogens is 1. The number of carbonyl (C=O) groups is 2. The van der Waals surface area contributed by atoms with Crippen LogP contribution in [0.3, 0.4) is 0 Å². The smallest absolute Gasteiger partial charge is 0.274 e. The van der Waals surface area contributed by atoms with Crippen LogP contribution in [-0.2, 0) is 7.05 Å². The average molecular weight is 367 g/mol. The minimum absolute atomic E-state index is 0.0197. The molecule has 1 atom stereocenters. The minimum atomic E-state index is -0.241. The SMILES string of the molecule is Cc1ccc(-c2cc(C(=O)N3CCC[C@H](C(=O)c4nccn4C)C3)n[nH]2)o1. The number of hydrogen-bond donors (Lipinski definition) is 1. The molecule has 1 fully saturated rings. The van der Waals surface area contributed by atoms with Gasteiger partial charge in [0.15, 0.2) is 17.3 Å². The second kappa shape index (κ2) is 6.86. The Morgan fingerprint density at radius 2 is 2.19 bits per heavy atom. The summed E-state index contributed by atoms with van der Waals surface area (Å²) in [5.74, 6) is 1.42. The second-order valence-electron chi connectivity index (χ2n) is 6.89. The summed E-state index contributed by atoms with van der Waals surface area (Å²) >= 11 is 0. The number of amides is 1. The number of ketones is 1. The molecule has 0 saturated carbocycles. The molecule has 0 spiro atoms. The van der Waals surface area contributed by atoms with Crippen LogP contribution in [0.5, 0.6) is 0 Å². The molecular formula is C19H21N5O3. The molecule has 0 radical (unpaired) electrons. The monoisotopic (exact) mass is 367 g/mol. The highest BCUT2D eigenvalue weighted by atomic mass is 16.3. The number of aryl methyl sites for hydroxylation is 2. The maximum atomic E-state index is 12.9. The van der Waals surface area contributed by atoms with Crippen molar-refractivity contribution in [1.82, 2.24) is 24.6 Å². The molecule has 3 aromatic rings. The van der Waals surface area contributed by atoms with Gasteiger partial charge in [-0.25, -0.2) is 4.98 Å². The van der Waals surface area contributed by atoms with Gasteiger partial charge in [-0.2, -0.15) is 5.10 Å². The number of carbonyl (C=O) groups excluding carboxylic acids is 2. The Kier molecular flexibility index (Phi) is 4.39. The molecule has 1 aliphatic rings. The van der Waals surface area contributed by atoms with Gasteiger partial charge in [-0.15, -0.1) is 0 Å². The van der Waals surface area contributed by atoms with Crippen LogP contribution < -0.4 is 0 Å². The third kappa shape index (κ3) is 3.30. The normalized spacial score (nSPS) is 17.3. The highest BCUT2D eigenvalue weighted by molar-refractivity contribution is 5.97. The minimum Gasteiger partial charge on any atom is -0.460 e. The summed E-state index contributed by atoms with van der Waals surface area (Å²) in [5, 5.41) is 6.98. The maximum Gasteiger partial charge on any atom is 0.274 e. The fourth-order valence-corrected chi connectivity index (χ4v) is 3.46. The third-order valence-electron chi connectivity index (χ3n) is 4.92. The van der Waals surface area contributed by atoms with Crippen LogP contribution in [0.2, 0.25) is 0 Å². The number of Topliss-reactive ketones (excluding diaryl/α,β-unsaturated/α-hetero) is 1. The largest absolute Gasteiger partial charge is 0.460 e. The van der Waals surface area contributed by atoms with E-state index in [0.717, 1.165) is 18.6 Å². The lowest BCUT2D eigenvalue weighted by atomic mass is 9.93. The van der Waals surface area contributed by atoms with Crippen molar-refractivity contribution in [2.45, 2.75) is 19.8 Å². The lowest BCUT2D eigenvalue weighted by Crippen LogP contribution is -2.42. The first-order valence-corrected chi connectivity index (χ1v) is 8.96. The molecule has 0 aromatic carbocycles. The standard InChI is InChI=1S/C19H21N5O3/c1-12-5-6-16(27-12)14-10-15(22-21-14)19(26)24-8-3-4-13(11-24)17(25)18-20-7-9-23(18)2/h5-7,9-10,13H,3-4,8,11H2,1-2H3,(H,21,22)/t13-/m0/s1. The molecule has 4 heterocycles.